The fraction of sp³-hybridized carbons (Fsp3) is 0.333. The summed E-state index contributed by atoms with van der Waals surface area (Å²) in [5.74, 6) is -0.496. The summed E-state index contributed by atoms with van der Waals surface area (Å²) in [6, 6.07) is 8.52. The van der Waals surface area contributed by atoms with Crippen molar-refractivity contribution in [1.82, 2.24) is 5.32 Å². The molecule has 0 bridgehead atoms. The van der Waals surface area contributed by atoms with Crippen LogP contribution in [0.5, 0.6) is 0 Å². The number of esters is 1. The Kier molecular flexibility index (Phi) is 6.89. The van der Waals surface area contributed by atoms with Crippen molar-refractivity contribution in [3.8, 4) is 0 Å². The molecule has 0 saturated carbocycles. The minimum absolute atomic E-state index is 0.149. The van der Waals surface area contributed by atoms with Gasteiger partial charge in [-0.05, 0) is 18.9 Å². The van der Waals surface area contributed by atoms with Gasteiger partial charge >= 0.3 is 12.1 Å². The standard InChI is InChI=1S/C15H19NO4/c1-3-8-13(14(17)19-4-2)16-15(18)20-11-12-9-6-5-7-10-12/h3,5-7,9-10,13H,1,4,8,11H2,2H3,(H,16,18)/t13-/m1/s1. The zero-order chi connectivity index (χ0) is 14.8. The molecule has 1 aromatic rings. The van der Waals surface area contributed by atoms with Crippen molar-refractivity contribution in [1.29, 1.82) is 0 Å². The maximum atomic E-state index is 11.6. The monoisotopic (exact) mass is 277 g/mol. The molecule has 0 heterocycles. The summed E-state index contributed by atoms with van der Waals surface area (Å²) in [6.45, 7) is 5.66. The number of hydrogen-bond donors (Lipinski definition) is 1. The number of alkyl carbamates (subject to hydrolysis) is 1. The van der Waals surface area contributed by atoms with Gasteiger partial charge in [-0.15, -0.1) is 6.58 Å². The number of rotatable bonds is 7. The first-order valence-electron chi connectivity index (χ1n) is 6.42. The second-order valence-electron chi connectivity index (χ2n) is 4.04. The van der Waals surface area contributed by atoms with E-state index in [0.29, 0.717) is 6.42 Å². The van der Waals surface area contributed by atoms with Gasteiger partial charge in [0.15, 0.2) is 0 Å². The Morgan fingerprint density at radius 3 is 2.60 bits per heavy atom. The van der Waals surface area contributed by atoms with Crippen LogP contribution in [0, 0.1) is 0 Å². The van der Waals surface area contributed by atoms with E-state index in [1.54, 1.807) is 13.0 Å². The summed E-state index contributed by atoms with van der Waals surface area (Å²) in [7, 11) is 0. The molecule has 0 aliphatic rings. The van der Waals surface area contributed by atoms with Crippen LogP contribution < -0.4 is 5.32 Å². The highest BCUT2D eigenvalue weighted by molar-refractivity contribution is 5.81. The molecule has 20 heavy (non-hydrogen) atoms. The summed E-state index contributed by atoms with van der Waals surface area (Å²) in [4.78, 5) is 23.2. The molecule has 5 heteroatoms. The lowest BCUT2D eigenvalue weighted by Crippen LogP contribution is -2.41. The van der Waals surface area contributed by atoms with E-state index in [0.717, 1.165) is 5.56 Å². The highest BCUT2D eigenvalue weighted by atomic mass is 16.6. The van der Waals surface area contributed by atoms with Crippen LogP contribution in [0.4, 0.5) is 4.79 Å². The van der Waals surface area contributed by atoms with Crippen LogP contribution in [0.3, 0.4) is 0 Å². The highest BCUT2D eigenvalue weighted by Gasteiger charge is 2.21. The molecule has 0 saturated heterocycles. The number of benzene rings is 1. The summed E-state index contributed by atoms with van der Waals surface area (Å²) in [5.41, 5.74) is 0.874. The third-order valence-electron chi connectivity index (χ3n) is 2.48. The molecular formula is C15H19NO4. The number of ether oxygens (including phenoxy) is 2. The Labute approximate surface area is 118 Å². The lowest BCUT2D eigenvalue weighted by Gasteiger charge is -2.15. The van der Waals surface area contributed by atoms with Gasteiger partial charge in [-0.1, -0.05) is 36.4 Å². The molecule has 0 spiro atoms. The van der Waals surface area contributed by atoms with E-state index < -0.39 is 18.1 Å². The first-order chi connectivity index (χ1) is 9.67. The Morgan fingerprint density at radius 1 is 1.30 bits per heavy atom. The SMILES string of the molecule is C=CC[C@@H](NC(=O)OCc1ccccc1)C(=O)OCC. The third kappa shape index (κ3) is 5.56. The Morgan fingerprint density at radius 2 is 2.00 bits per heavy atom. The quantitative estimate of drug-likeness (QED) is 0.614. The molecule has 1 rings (SSSR count). The van der Waals surface area contributed by atoms with Crippen LogP contribution in [0.15, 0.2) is 43.0 Å². The second kappa shape index (κ2) is 8.74. The fourth-order valence-electron chi connectivity index (χ4n) is 1.53. The minimum atomic E-state index is -0.768. The molecule has 0 aliphatic carbocycles. The number of amides is 1. The zero-order valence-corrected chi connectivity index (χ0v) is 11.5. The summed E-state index contributed by atoms with van der Waals surface area (Å²) >= 11 is 0. The molecular weight excluding hydrogens is 258 g/mol. The van der Waals surface area contributed by atoms with Crippen LogP contribution in [0.25, 0.3) is 0 Å². The molecule has 0 radical (unpaired) electrons. The van der Waals surface area contributed by atoms with Crippen molar-refractivity contribution in [2.24, 2.45) is 0 Å². The largest absolute Gasteiger partial charge is 0.464 e. The normalized spacial score (nSPS) is 11.2. The molecule has 108 valence electrons. The number of nitrogens with one attached hydrogen (secondary N) is 1. The third-order valence-corrected chi connectivity index (χ3v) is 2.48. The lowest BCUT2D eigenvalue weighted by atomic mass is 10.2. The summed E-state index contributed by atoms with van der Waals surface area (Å²) in [5, 5.41) is 2.47. The Bertz CT molecular complexity index is 444. The van der Waals surface area contributed by atoms with Crippen molar-refractivity contribution in [3.63, 3.8) is 0 Å². The first kappa shape index (κ1) is 15.8. The number of hydrogen-bond acceptors (Lipinski definition) is 4. The minimum Gasteiger partial charge on any atom is -0.464 e. The molecule has 0 aliphatic heterocycles. The van der Waals surface area contributed by atoms with Gasteiger partial charge in [0, 0.05) is 0 Å². The topological polar surface area (TPSA) is 64.6 Å². The lowest BCUT2D eigenvalue weighted by molar-refractivity contribution is -0.145. The fourth-order valence-corrected chi connectivity index (χ4v) is 1.53. The molecule has 0 fully saturated rings. The van der Waals surface area contributed by atoms with Crippen LogP contribution >= 0.6 is 0 Å². The molecule has 5 nitrogen and oxygen atoms in total. The summed E-state index contributed by atoms with van der Waals surface area (Å²) in [6.07, 6.45) is 1.17. The van der Waals surface area contributed by atoms with E-state index >= 15 is 0 Å². The van der Waals surface area contributed by atoms with Gasteiger partial charge in [0.05, 0.1) is 6.61 Å². The Hall–Kier alpha value is -2.30. The maximum Gasteiger partial charge on any atom is 0.408 e. The molecule has 0 aromatic heterocycles. The van der Waals surface area contributed by atoms with E-state index in [-0.39, 0.29) is 13.2 Å². The van der Waals surface area contributed by atoms with Crippen LogP contribution in [-0.4, -0.2) is 24.7 Å². The van der Waals surface area contributed by atoms with E-state index in [1.807, 2.05) is 30.3 Å². The average molecular weight is 277 g/mol. The predicted molar refractivity (Wildman–Crippen MR) is 75.0 cm³/mol. The molecule has 1 atom stereocenters. The number of carbonyl (C=O) groups is 2. The highest BCUT2D eigenvalue weighted by Crippen LogP contribution is 2.02. The van der Waals surface area contributed by atoms with E-state index in [1.165, 1.54) is 0 Å². The predicted octanol–water partition coefficient (Wildman–Crippen LogP) is 2.42. The van der Waals surface area contributed by atoms with Gasteiger partial charge in [0.1, 0.15) is 12.6 Å². The van der Waals surface area contributed by atoms with Gasteiger partial charge in [-0.3, -0.25) is 0 Å². The average Bonchev–Trinajstić information content (AvgIpc) is 2.46. The van der Waals surface area contributed by atoms with Gasteiger partial charge in [-0.25, -0.2) is 9.59 Å². The number of carbonyl (C=O) groups excluding carboxylic acids is 2. The smallest absolute Gasteiger partial charge is 0.408 e. The van der Waals surface area contributed by atoms with Crippen molar-refractivity contribution in [2.75, 3.05) is 6.61 Å². The van der Waals surface area contributed by atoms with Crippen LogP contribution in [0.2, 0.25) is 0 Å². The first-order valence-corrected chi connectivity index (χ1v) is 6.42. The van der Waals surface area contributed by atoms with E-state index in [9.17, 15) is 9.59 Å². The van der Waals surface area contributed by atoms with Crippen molar-refractivity contribution in [3.05, 3.63) is 48.6 Å². The van der Waals surface area contributed by atoms with Gasteiger partial charge in [0.25, 0.3) is 0 Å². The zero-order valence-electron chi connectivity index (χ0n) is 11.5. The van der Waals surface area contributed by atoms with Gasteiger partial charge in [0.2, 0.25) is 0 Å². The van der Waals surface area contributed by atoms with Gasteiger partial charge in [-0.2, -0.15) is 0 Å². The molecule has 1 N–H and O–H groups in total. The van der Waals surface area contributed by atoms with Crippen LogP contribution in [0.1, 0.15) is 18.9 Å². The van der Waals surface area contributed by atoms with E-state index in [2.05, 4.69) is 11.9 Å². The van der Waals surface area contributed by atoms with Crippen molar-refractivity contribution < 1.29 is 19.1 Å². The Balaban J connectivity index is 2.45. The molecule has 1 amide bonds. The summed E-state index contributed by atoms with van der Waals surface area (Å²) < 4.78 is 9.90. The van der Waals surface area contributed by atoms with Crippen LogP contribution in [-0.2, 0) is 20.9 Å². The van der Waals surface area contributed by atoms with E-state index in [4.69, 9.17) is 9.47 Å². The van der Waals surface area contributed by atoms with Crippen molar-refractivity contribution in [2.45, 2.75) is 26.0 Å². The van der Waals surface area contributed by atoms with Crippen molar-refractivity contribution >= 4 is 12.1 Å². The molecule has 1 aromatic carbocycles. The maximum absolute atomic E-state index is 11.6. The molecule has 0 unspecified atom stereocenters. The van der Waals surface area contributed by atoms with Gasteiger partial charge < -0.3 is 14.8 Å². The second-order valence-corrected chi connectivity index (χ2v) is 4.04.